The maximum Gasteiger partial charge on any atom is 0.241 e. The molecule has 4 rings (SSSR count). The van der Waals surface area contributed by atoms with Gasteiger partial charge in [0.05, 0.1) is 23.5 Å². The van der Waals surface area contributed by atoms with Crippen LogP contribution in [-0.2, 0) is 16.8 Å². The lowest BCUT2D eigenvalue weighted by Gasteiger charge is -2.31. The first-order valence-corrected chi connectivity index (χ1v) is 12.8. The molecule has 0 aliphatic carbocycles. The van der Waals surface area contributed by atoms with Crippen LogP contribution in [0.4, 0.5) is 0 Å². The van der Waals surface area contributed by atoms with Crippen LogP contribution in [0.3, 0.4) is 0 Å². The third-order valence-corrected chi connectivity index (χ3v) is 7.06. The molecule has 1 fully saturated rings. The van der Waals surface area contributed by atoms with E-state index in [4.69, 9.17) is 27.7 Å². The maximum absolute atomic E-state index is 13.0. The molecule has 6 nitrogen and oxygen atoms in total. The number of aromatic nitrogens is 2. The molecule has 1 saturated heterocycles. The third kappa shape index (κ3) is 6.43. The summed E-state index contributed by atoms with van der Waals surface area (Å²) in [4.78, 5) is 19.7. The number of hydrogen-bond acceptors (Lipinski definition) is 5. The Morgan fingerprint density at radius 2 is 1.94 bits per heavy atom. The highest BCUT2D eigenvalue weighted by Gasteiger charge is 2.28. The average Bonchev–Trinajstić information content (AvgIpc) is 3.26. The molecule has 2 aromatic carbocycles. The van der Waals surface area contributed by atoms with E-state index in [2.05, 4.69) is 65.4 Å². The van der Waals surface area contributed by atoms with E-state index in [0.717, 1.165) is 24.9 Å². The number of rotatable bonds is 6. The minimum absolute atomic E-state index is 0.0467. The monoisotopic (exact) mass is 514 g/mol. The zero-order valence-electron chi connectivity index (χ0n) is 20.6. The summed E-state index contributed by atoms with van der Waals surface area (Å²) in [5, 5.41) is 8.30. The Bertz CT molecular complexity index is 1170. The van der Waals surface area contributed by atoms with Gasteiger partial charge in [-0.05, 0) is 61.1 Å². The molecule has 186 valence electrons. The summed E-state index contributed by atoms with van der Waals surface area (Å²) < 4.78 is 5.46. The fourth-order valence-electron chi connectivity index (χ4n) is 4.39. The minimum atomic E-state index is -0.0758. The largest absolute Gasteiger partial charge is 0.349 e. The molecular weight excluding hydrogens is 483 g/mol. The molecule has 1 aliphatic rings. The molecule has 2 atom stereocenters. The summed E-state index contributed by atoms with van der Waals surface area (Å²) >= 11 is 12.2. The van der Waals surface area contributed by atoms with Crippen LogP contribution in [0.2, 0.25) is 10.0 Å². The fourth-order valence-corrected chi connectivity index (χ4v) is 4.88. The summed E-state index contributed by atoms with van der Waals surface area (Å²) in [5.74, 6) is 0.938. The Hall–Kier alpha value is -2.41. The average molecular weight is 515 g/mol. The van der Waals surface area contributed by atoms with Crippen LogP contribution >= 0.6 is 23.2 Å². The van der Waals surface area contributed by atoms with Gasteiger partial charge in [-0.15, -0.1) is 0 Å². The van der Waals surface area contributed by atoms with Gasteiger partial charge in [0.25, 0.3) is 0 Å². The van der Waals surface area contributed by atoms with Gasteiger partial charge in [0, 0.05) is 17.1 Å². The molecule has 0 bridgehead atoms. The highest BCUT2D eigenvalue weighted by molar-refractivity contribution is 6.36. The van der Waals surface area contributed by atoms with Crippen LogP contribution in [0.15, 0.2) is 47.0 Å². The highest BCUT2D eigenvalue weighted by Crippen LogP contribution is 2.29. The second-order valence-corrected chi connectivity index (χ2v) is 11.2. The summed E-state index contributed by atoms with van der Waals surface area (Å²) in [7, 11) is 0. The summed E-state index contributed by atoms with van der Waals surface area (Å²) in [5.41, 5.74) is 3.17. The lowest BCUT2D eigenvalue weighted by atomic mass is 9.86. The lowest BCUT2D eigenvalue weighted by Crippen LogP contribution is -2.43. The standard InChI is InChI=1S/C27H32Cl2N4O2/c1-17(18-7-9-20(10-8-18)27(2,3)4)30-26(34)19-6-5-13-33(15-19)16-24-31-25(32-35-24)22-12-11-21(28)14-23(22)29/h7-12,14,17,19H,5-6,13,15-16H2,1-4H3,(H,30,34). The molecule has 8 heteroatoms. The van der Waals surface area contributed by atoms with Crippen molar-refractivity contribution in [2.75, 3.05) is 13.1 Å². The quantitative estimate of drug-likeness (QED) is 0.410. The minimum Gasteiger partial charge on any atom is -0.349 e. The second kappa shape index (κ2) is 10.7. The second-order valence-electron chi connectivity index (χ2n) is 10.3. The van der Waals surface area contributed by atoms with Gasteiger partial charge in [0.15, 0.2) is 0 Å². The van der Waals surface area contributed by atoms with Crippen molar-refractivity contribution in [3.63, 3.8) is 0 Å². The summed E-state index contributed by atoms with van der Waals surface area (Å²) in [6.07, 6.45) is 1.81. The van der Waals surface area contributed by atoms with Crippen molar-refractivity contribution in [2.24, 2.45) is 5.92 Å². The van der Waals surface area contributed by atoms with E-state index >= 15 is 0 Å². The zero-order chi connectivity index (χ0) is 25.2. The van der Waals surface area contributed by atoms with E-state index in [-0.39, 0.29) is 23.3 Å². The number of amides is 1. The number of carbonyl (C=O) groups is 1. The number of nitrogens with one attached hydrogen (secondary N) is 1. The summed E-state index contributed by atoms with van der Waals surface area (Å²) in [6, 6.07) is 13.6. The summed E-state index contributed by atoms with van der Waals surface area (Å²) in [6.45, 7) is 10.7. The molecule has 2 heterocycles. The molecular formula is C27H32Cl2N4O2. The molecule has 1 aliphatic heterocycles. The van der Waals surface area contributed by atoms with E-state index in [0.29, 0.717) is 40.4 Å². The SMILES string of the molecule is CC(NC(=O)C1CCCN(Cc2nc(-c3ccc(Cl)cc3Cl)no2)C1)c1ccc(C(C)(C)C)cc1. The Balaban J connectivity index is 1.34. The van der Waals surface area contributed by atoms with Crippen LogP contribution in [0.25, 0.3) is 11.4 Å². The lowest BCUT2D eigenvalue weighted by molar-refractivity contribution is -0.127. The molecule has 1 amide bonds. The predicted molar refractivity (Wildman–Crippen MR) is 139 cm³/mol. The smallest absolute Gasteiger partial charge is 0.241 e. The van der Waals surface area contributed by atoms with Crippen LogP contribution in [-0.4, -0.2) is 34.0 Å². The normalized spacial score (nSPS) is 17.8. The number of hydrogen-bond donors (Lipinski definition) is 1. The molecule has 0 saturated carbocycles. The van der Waals surface area contributed by atoms with Crippen LogP contribution < -0.4 is 5.32 Å². The first kappa shape index (κ1) is 25.7. The van der Waals surface area contributed by atoms with Gasteiger partial charge in [-0.1, -0.05) is 73.4 Å². The van der Waals surface area contributed by atoms with Crippen molar-refractivity contribution in [3.8, 4) is 11.4 Å². The Morgan fingerprint density at radius 3 is 2.63 bits per heavy atom. The number of piperidine rings is 1. The van der Waals surface area contributed by atoms with E-state index < -0.39 is 0 Å². The Morgan fingerprint density at radius 1 is 1.20 bits per heavy atom. The number of benzene rings is 2. The van der Waals surface area contributed by atoms with Crippen molar-refractivity contribution < 1.29 is 9.32 Å². The van der Waals surface area contributed by atoms with Gasteiger partial charge >= 0.3 is 0 Å². The van der Waals surface area contributed by atoms with E-state index in [1.165, 1.54) is 5.56 Å². The van der Waals surface area contributed by atoms with Crippen molar-refractivity contribution in [1.29, 1.82) is 0 Å². The van der Waals surface area contributed by atoms with Gasteiger partial charge in [0.1, 0.15) is 0 Å². The Labute approximate surface area is 217 Å². The van der Waals surface area contributed by atoms with Gasteiger partial charge in [-0.3, -0.25) is 9.69 Å². The van der Waals surface area contributed by atoms with Gasteiger partial charge in [-0.25, -0.2) is 0 Å². The molecule has 2 unspecified atom stereocenters. The first-order chi connectivity index (χ1) is 16.6. The molecule has 1 N–H and O–H groups in total. The fraction of sp³-hybridized carbons (Fsp3) is 0.444. The predicted octanol–water partition coefficient (Wildman–Crippen LogP) is 6.43. The number of carbonyl (C=O) groups excluding carboxylic acids is 1. The number of halogens is 2. The van der Waals surface area contributed by atoms with Gasteiger partial charge in [0.2, 0.25) is 17.6 Å². The van der Waals surface area contributed by atoms with E-state index in [9.17, 15) is 4.79 Å². The van der Waals surface area contributed by atoms with Crippen molar-refractivity contribution >= 4 is 29.1 Å². The Kier molecular flexibility index (Phi) is 7.84. The number of nitrogens with zero attached hydrogens (tertiary/aromatic N) is 3. The molecule has 35 heavy (non-hydrogen) atoms. The van der Waals surface area contributed by atoms with Crippen molar-refractivity contribution in [2.45, 2.75) is 58.5 Å². The molecule has 1 aromatic heterocycles. The first-order valence-electron chi connectivity index (χ1n) is 12.0. The molecule has 0 spiro atoms. The molecule has 3 aromatic rings. The van der Waals surface area contributed by atoms with Crippen molar-refractivity contribution in [1.82, 2.24) is 20.4 Å². The van der Waals surface area contributed by atoms with Crippen LogP contribution in [0.1, 0.15) is 63.6 Å². The number of likely N-dealkylation sites (tertiary alicyclic amines) is 1. The van der Waals surface area contributed by atoms with Crippen LogP contribution in [0, 0.1) is 5.92 Å². The van der Waals surface area contributed by atoms with Gasteiger partial charge < -0.3 is 9.84 Å². The topological polar surface area (TPSA) is 71.3 Å². The molecule has 0 radical (unpaired) electrons. The van der Waals surface area contributed by atoms with E-state index in [1.807, 2.05) is 6.92 Å². The van der Waals surface area contributed by atoms with Crippen molar-refractivity contribution in [3.05, 3.63) is 69.5 Å². The highest BCUT2D eigenvalue weighted by atomic mass is 35.5. The zero-order valence-corrected chi connectivity index (χ0v) is 22.2. The maximum atomic E-state index is 13.0. The van der Waals surface area contributed by atoms with Gasteiger partial charge in [-0.2, -0.15) is 4.98 Å². The van der Waals surface area contributed by atoms with Crippen LogP contribution in [0.5, 0.6) is 0 Å². The third-order valence-electron chi connectivity index (χ3n) is 6.51. The van der Waals surface area contributed by atoms with E-state index in [1.54, 1.807) is 18.2 Å².